The van der Waals surface area contributed by atoms with Crippen LogP contribution in [0.2, 0.25) is 5.02 Å². The molecule has 1 aliphatic heterocycles. The number of aliphatic hydroxyl groups is 1. The van der Waals surface area contributed by atoms with Crippen molar-refractivity contribution in [1.29, 1.82) is 0 Å². The molecule has 0 aromatic heterocycles. The zero-order chi connectivity index (χ0) is 14.6. The third-order valence-electron chi connectivity index (χ3n) is 4.90. The summed E-state index contributed by atoms with van der Waals surface area (Å²) in [5.74, 6) is 0. The molecule has 3 heteroatoms. The van der Waals surface area contributed by atoms with E-state index in [1.165, 1.54) is 12.8 Å². The number of rotatable bonds is 6. The Labute approximate surface area is 127 Å². The molecule has 0 saturated carbocycles. The highest BCUT2D eigenvalue weighted by Gasteiger charge is 2.41. The van der Waals surface area contributed by atoms with E-state index in [0.717, 1.165) is 36.5 Å². The first-order chi connectivity index (χ1) is 9.62. The topological polar surface area (TPSA) is 23.5 Å². The molecular weight excluding hydrogens is 270 g/mol. The molecule has 1 fully saturated rings. The molecule has 2 nitrogen and oxygen atoms in total. The van der Waals surface area contributed by atoms with Crippen LogP contribution in [0, 0.1) is 0 Å². The number of hydrogen-bond acceptors (Lipinski definition) is 2. The van der Waals surface area contributed by atoms with Gasteiger partial charge in [0, 0.05) is 17.0 Å². The normalized spacial score (nSPS) is 18.4. The fourth-order valence-corrected chi connectivity index (χ4v) is 3.83. The van der Waals surface area contributed by atoms with Gasteiger partial charge in [-0.3, -0.25) is 4.90 Å². The van der Waals surface area contributed by atoms with E-state index >= 15 is 0 Å². The number of likely N-dealkylation sites (tertiary alicyclic amines) is 1. The van der Waals surface area contributed by atoms with Gasteiger partial charge in [-0.1, -0.05) is 37.6 Å². The Kier molecular flexibility index (Phi) is 5.48. The van der Waals surface area contributed by atoms with Gasteiger partial charge in [0.05, 0.1) is 6.10 Å². The number of hydrogen-bond donors (Lipinski definition) is 1. The van der Waals surface area contributed by atoms with Crippen molar-refractivity contribution in [1.82, 2.24) is 4.90 Å². The standard InChI is InChI=1S/C17H26ClNO/c1-3-17(4-2,19-10-5-6-11-19)16(20)13-14-8-7-9-15(18)12-14/h7-9,12,16,20H,3-6,10-11,13H2,1-2H3. The Morgan fingerprint density at radius 2 is 1.90 bits per heavy atom. The highest BCUT2D eigenvalue weighted by Crippen LogP contribution is 2.33. The van der Waals surface area contributed by atoms with Crippen LogP contribution in [0.5, 0.6) is 0 Å². The molecular formula is C17H26ClNO. The van der Waals surface area contributed by atoms with Crippen molar-refractivity contribution in [2.75, 3.05) is 13.1 Å². The lowest BCUT2D eigenvalue weighted by atomic mass is 9.82. The number of aliphatic hydroxyl groups excluding tert-OH is 1. The van der Waals surface area contributed by atoms with Crippen molar-refractivity contribution in [2.45, 2.75) is 57.6 Å². The van der Waals surface area contributed by atoms with Gasteiger partial charge < -0.3 is 5.11 Å². The van der Waals surface area contributed by atoms with E-state index in [1.54, 1.807) is 0 Å². The minimum absolute atomic E-state index is 0.0845. The Bertz CT molecular complexity index is 425. The zero-order valence-electron chi connectivity index (χ0n) is 12.6. The molecule has 0 spiro atoms. The van der Waals surface area contributed by atoms with E-state index < -0.39 is 0 Å². The zero-order valence-corrected chi connectivity index (χ0v) is 13.4. The van der Waals surface area contributed by atoms with E-state index in [-0.39, 0.29) is 11.6 Å². The number of halogens is 1. The van der Waals surface area contributed by atoms with Gasteiger partial charge in [-0.05, 0) is 56.5 Å². The molecule has 1 unspecified atom stereocenters. The second kappa shape index (κ2) is 6.93. The molecule has 1 N–H and O–H groups in total. The van der Waals surface area contributed by atoms with Crippen molar-refractivity contribution < 1.29 is 5.11 Å². The second-order valence-corrected chi connectivity index (χ2v) is 6.29. The SMILES string of the molecule is CCC(CC)(C(O)Cc1cccc(Cl)c1)N1CCCC1. The summed E-state index contributed by atoms with van der Waals surface area (Å²) < 4.78 is 0. The Morgan fingerprint density at radius 1 is 1.25 bits per heavy atom. The number of nitrogens with zero attached hydrogens (tertiary/aromatic N) is 1. The lowest BCUT2D eigenvalue weighted by Gasteiger charge is -2.44. The van der Waals surface area contributed by atoms with Gasteiger partial charge in [0.15, 0.2) is 0 Å². The van der Waals surface area contributed by atoms with E-state index in [1.807, 2.05) is 18.2 Å². The average Bonchev–Trinajstić information content (AvgIpc) is 2.95. The fraction of sp³-hybridized carbons (Fsp3) is 0.647. The average molecular weight is 296 g/mol. The van der Waals surface area contributed by atoms with Gasteiger partial charge in [0.2, 0.25) is 0 Å². The van der Waals surface area contributed by atoms with Crippen molar-refractivity contribution in [2.24, 2.45) is 0 Å². The van der Waals surface area contributed by atoms with Crippen LogP contribution in [-0.2, 0) is 6.42 Å². The van der Waals surface area contributed by atoms with Crippen LogP contribution in [0.25, 0.3) is 0 Å². The summed E-state index contributed by atoms with van der Waals surface area (Å²) >= 11 is 6.05. The number of benzene rings is 1. The van der Waals surface area contributed by atoms with Crippen LogP contribution in [0.3, 0.4) is 0 Å². The van der Waals surface area contributed by atoms with Crippen LogP contribution < -0.4 is 0 Å². The van der Waals surface area contributed by atoms with Crippen LogP contribution in [0.15, 0.2) is 24.3 Å². The van der Waals surface area contributed by atoms with E-state index in [4.69, 9.17) is 11.6 Å². The molecule has 2 rings (SSSR count). The minimum Gasteiger partial charge on any atom is -0.391 e. The van der Waals surface area contributed by atoms with Crippen molar-refractivity contribution in [3.63, 3.8) is 0 Å². The van der Waals surface area contributed by atoms with Crippen molar-refractivity contribution in [3.8, 4) is 0 Å². The summed E-state index contributed by atoms with van der Waals surface area (Å²) in [4.78, 5) is 2.50. The maximum Gasteiger partial charge on any atom is 0.0763 e. The first kappa shape index (κ1) is 15.8. The molecule has 1 aliphatic rings. The van der Waals surface area contributed by atoms with E-state index in [0.29, 0.717) is 6.42 Å². The summed E-state index contributed by atoms with van der Waals surface area (Å²) in [6.07, 6.45) is 4.83. The maximum absolute atomic E-state index is 10.9. The van der Waals surface area contributed by atoms with Gasteiger partial charge in [-0.15, -0.1) is 0 Å². The Balaban J connectivity index is 2.16. The monoisotopic (exact) mass is 295 g/mol. The third-order valence-corrected chi connectivity index (χ3v) is 5.13. The maximum atomic E-state index is 10.9. The summed E-state index contributed by atoms with van der Waals surface area (Å²) in [5, 5.41) is 11.6. The van der Waals surface area contributed by atoms with Gasteiger partial charge >= 0.3 is 0 Å². The van der Waals surface area contributed by atoms with Gasteiger partial charge in [-0.25, -0.2) is 0 Å². The first-order valence-corrected chi connectivity index (χ1v) is 8.17. The summed E-state index contributed by atoms with van der Waals surface area (Å²) in [6, 6.07) is 7.85. The first-order valence-electron chi connectivity index (χ1n) is 7.80. The molecule has 1 aromatic rings. The van der Waals surface area contributed by atoms with Crippen LogP contribution >= 0.6 is 11.6 Å². The minimum atomic E-state index is -0.339. The lowest BCUT2D eigenvalue weighted by Crippen LogP contribution is -2.55. The van der Waals surface area contributed by atoms with Crippen molar-refractivity contribution >= 4 is 11.6 Å². The van der Waals surface area contributed by atoms with Gasteiger partial charge in [0.1, 0.15) is 0 Å². The van der Waals surface area contributed by atoms with E-state index in [9.17, 15) is 5.11 Å². The lowest BCUT2D eigenvalue weighted by molar-refractivity contribution is -0.0269. The highest BCUT2D eigenvalue weighted by atomic mass is 35.5. The van der Waals surface area contributed by atoms with Gasteiger partial charge in [-0.2, -0.15) is 0 Å². The summed E-state index contributed by atoms with van der Waals surface area (Å²) in [6.45, 7) is 6.63. The molecule has 0 amide bonds. The quantitative estimate of drug-likeness (QED) is 0.860. The molecule has 1 heterocycles. The molecule has 112 valence electrons. The van der Waals surface area contributed by atoms with E-state index in [2.05, 4.69) is 24.8 Å². The molecule has 20 heavy (non-hydrogen) atoms. The predicted molar refractivity (Wildman–Crippen MR) is 85.3 cm³/mol. The van der Waals surface area contributed by atoms with Crippen LogP contribution in [0.4, 0.5) is 0 Å². The highest BCUT2D eigenvalue weighted by molar-refractivity contribution is 6.30. The third kappa shape index (κ3) is 3.19. The molecule has 0 radical (unpaired) electrons. The largest absolute Gasteiger partial charge is 0.391 e. The predicted octanol–water partition coefficient (Wildman–Crippen LogP) is 3.90. The Morgan fingerprint density at radius 3 is 2.45 bits per heavy atom. The van der Waals surface area contributed by atoms with Crippen LogP contribution in [0.1, 0.15) is 45.1 Å². The van der Waals surface area contributed by atoms with Crippen molar-refractivity contribution in [3.05, 3.63) is 34.9 Å². The van der Waals surface area contributed by atoms with Gasteiger partial charge in [0.25, 0.3) is 0 Å². The molecule has 1 saturated heterocycles. The summed E-state index contributed by atoms with van der Waals surface area (Å²) in [7, 11) is 0. The fourth-order valence-electron chi connectivity index (χ4n) is 3.62. The smallest absolute Gasteiger partial charge is 0.0763 e. The molecule has 0 aliphatic carbocycles. The Hall–Kier alpha value is -0.570. The molecule has 1 atom stereocenters. The molecule has 0 bridgehead atoms. The summed E-state index contributed by atoms with van der Waals surface area (Å²) in [5.41, 5.74) is 1.04. The van der Waals surface area contributed by atoms with Crippen LogP contribution in [-0.4, -0.2) is 34.7 Å². The second-order valence-electron chi connectivity index (χ2n) is 5.85. The molecule has 1 aromatic carbocycles.